The van der Waals surface area contributed by atoms with Gasteiger partial charge in [-0.3, -0.25) is 4.79 Å². The number of carbonyl (C=O) groups excluding carboxylic acids is 1. The van der Waals surface area contributed by atoms with E-state index < -0.39 is 0 Å². The second-order valence-corrected chi connectivity index (χ2v) is 6.34. The molecule has 4 rings (SSSR count). The predicted octanol–water partition coefficient (Wildman–Crippen LogP) is 3.68. The number of hydrogen-bond acceptors (Lipinski definition) is 2. The van der Waals surface area contributed by atoms with Gasteiger partial charge in [-0.25, -0.2) is 0 Å². The van der Waals surface area contributed by atoms with Crippen LogP contribution < -0.4 is 4.74 Å². The van der Waals surface area contributed by atoms with Crippen molar-refractivity contribution < 1.29 is 9.53 Å². The minimum absolute atomic E-state index is 0.0953. The zero-order valence-electron chi connectivity index (χ0n) is 13.9. The van der Waals surface area contributed by atoms with Crippen LogP contribution in [-0.4, -0.2) is 29.4 Å². The number of H-pyrrole nitrogens is 1. The highest BCUT2D eigenvalue weighted by molar-refractivity contribution is 5.95. The van der Waals surface area contributed by atoms with Crippen LogP contribution in [0.25, 0.3) is 10.9 Å². The molecule has 122 valence electrons. The summed E-state index contributed by atoms with van der Waals surface area (Å²) in [5, 5.41) is 1.14. The normalized spacial score (nSPS) is 13.8. The SMILES string of the molecule is COc1ccc2[nH]c3c(c2c1)CN(C(=O)c1ccc(C)cc1)CC3. The molecule has 1 amide bonds. The Morgan fingerprint density at radius 1 is 1.17 bits per heavy atom. The van der Waals surface area contributed by atoms with E-state index in [-0.39, 0.29) is 5.91 Å². The van der Waals surface area contributed by atoms with Gasteiger partial charge in [0, 0.05) is 47.2 Å². The van der Waals surface area contributed by atoms with Crippen LogP contribution in [0.15, 0.2) is 42.5 Å². The first-order valence-corrected chi connectivity index (χ1v) is 8.19. The average Bonchev–Trinajstić information content (AvgIpc) is 2.98. The molecule has 1 N–H and O–H groups in total. The first-order chi connectivity index (χ1) is 11.7. The summed E-state index contributed by atoms with van der Waals surface area (Å²) in [7, 11) is 1.67. The number of ether oxygens (including phenoxy) is 1. The van der Waals surface area contributed by atoms with Crippen LogP contribution in [0.3, 0.4) is 0 Å². The lowest BCUT2D eigenvalue weighted by molar-refractivity contribution is 0.0735. The predicted molar refractivity (Wildman–Crippen MR) is 94.5 cm³/mol. The van der Waals surface area contributed by atoms with Crippen molar-refractivity contribution in [3.05, 3.63) is 64.8 Å². The molecule has 1 aliphatic rings. The number of methoxy groups -OCH3 is 1. The van der Waals surface area contributed by atoms with Gasteiger partial charge in [0.05, 0.1) is 7.11 Å². The highest BCUT2D eigenvalue weighted by Gasteiger charge is 2.24. The van der Waals surface area contributed by atoms with Crippen LogP contribution in [0.4, 0.5) is 0 Å². The Kier molecular flexibility index (Phi) is 3.53. The summed E-state index contributed by atoms with van der Waals surface area (Å²) in [6, 6.07) is 13.8. The summed E-state index contributed by atoms with van der Waals surface area (Å²) in [4.78, 5) is 18.2. The number of amides is 1. The van der Waals surface area contributed by atoms with Crippen LogP contribution in [0.2, 0.25) is 0 Å². The van der Waals surface area contributed by atoms with Crippen molar-refractivity contribution >= 4 is 16.8 Å². The fourth-order valence-corrected chi connectivity index (χ4v) is 3.37. The second-order valence-electron chi connectivity index (χ2n) is 6.34. The van der Waals surface area contributed by atoms with E-state index in [1.807, 2.05) is 54.3 Å². The molecule has 0 unspecified atom stereocenters. The number of aromatic nitrogens is 1. The molecular weight excluding hydrogens is 300 g/mol. The van der Waals surface area contributed by atoms with E-state index in [4.69, 9.17) is 4.74 Å². The smallest absolute Gasteiger partial charge is 0.254 e. The number of nitrogens with one attached hydrogen (secondary N) is 1. The van der Waals surface area contributed by atoms with E-state index in [2.05, 4.69) is 4.98 Å². The molecule has 4 nitrogen and oxygen atoms in total. The van der Waals surface area contributed by atoms with Crippen LogP contribution in [0.5, 0.6) is 5.75 Å². The molecule has 1 aliphatic heterocycles. The first kappa shape index (κ1) is 14.8. The molecule has 0 spiro atoms. The Morgan fingerprint density at radius 3 is 2.71 bits per heavy atom. The topological polar surface area (TPSA) is 45.3 Å². The lowest BCUT2D eigenvalue weighted by Crippen LogP contribution is -2.35. The third-order valence-electron chi connectivity index (χ3n) is 4.77. The maximum atomic E-state index is 12.8. The minimum atomic E-state index is 0.0953. The van der Waals surface area contributed by atoms with Crippen LogP contribution in [0, 0.1) is 6.92 Å². The maximum absolute atomic E-state index is 12.8. The molecule has 0 saturated carbocycles. The number of carbonyl (C=O) groups is 1. The molecule has 0 bridgehead atoms. The van der Waals surface area contributed by atoms with E-state index in [1.54, 1.807) is 7.11 Å². The lowest BCUT2D eigenvalue weighted by atomic mass is 10.0. The lowest BCUT2D eigenvalue weighted by Gasteiger charge is -2.27. The molecule has 1 aromatic heterocycles. The highest BCUT2D eigenvalue weighted by Crippen LogP contribution is 2.31. The Bertz CT molecular complexity index is 909. The largest absolute Gasteiger partial charge is 0.497 e. The van der Waals surface area contributed by atoms with Crippen LogP contribution >= 0.6 is 0 Å². The van der Waals surface area contributed by atoms with Gasteiger partial charge in [0.1, 0.15) is 5.75 Å². The Balaban J connectivity index is 1.67. The van der Waals surface area contributed by atoms with Crippen molar-refractivity contribution in [1.82, 2.24) is 9.88 Å². The molecular formula is C20H20N2O2. The summed E-state index contributed by atoms with van der Waals surface area (Å²) in [6.07, 6.45) is 0.851. The number of nitrogens with zero attached hydrogens (tertiary/aromatic N) is 1. The fourth-order valence-electron chi connectivity index (χ4n) is 3.37. The minimum Gasteiger partial charge on any atom is -0.497 e. The average molecular weight is 320 g/mol. The molecule has 3 aromatic rings. The fraction of sp³-hybridized carbons (Fsp3) is 0.250. The zero-order valence-corrected chi connectivity index (χ0v) is 13.9. The summed E-state index contributed by atoms with van der Waals surface area (Å²) in [5.41, 5.74) is 5.45. The van der Waals surface area contributed by atoms with Gasteiger partial charge in [-0.1, -0.05) is 17.7 Å². The Hall–Kier alpha value is -2.75. The third kappa shape index (κ3) is 2.44. The second kappa shape index (κ2) is 5.71. The number of aromatic amines is 1. The first-order valence-electron chi connectivity index (χ1n) is 8.19. The molecule has 24 heavy (non-hydrogen) atoms. The van der Waals surface area contributed by atoms with E-state index in [9.17, 15) is 4.79 Å². The van der Waals surface area contributed by atoms with Crippen molar-refractivity contribution in [2.24, 2.45) is 0 Å². The van der Waals surface area contributed by atoms with Crippen molar-refractivity contribution in [3.8, 4) is 5.75 Å². The summed E-state index contributed by atoms with van der Waals surface area (Å²) < 4.78 is 5.34. The molecule has 4 heteroatoms. The quantitative estimate of drug-likeness (QED) is 0.783. The number of rotatable bonds is 2. The van der Waals surface area contributed by atoms with Crippen LogP contribution in [0.1, 0.15) is 27.2 Å². The van der Waals surface area contributed by atoms with Gasteiger partial charge in [-0.05, 0) is 37.3 Å². The molecule has 0 saturated heterocycles. The summed E-state index contributed by atoms with van der Waals surface area (Å²) in [5.74, 6) is 0.934. The number of fused-ring (bicyclic) bond motifs is 3. The van der Waals surface area contributed by atoms with Crippen molar-refractivity contribution in [2.75, 3.05) is 13.7 Å². The number of benzene rings is 2. The molecule has 0 radical (unpaired) electrons. The Morgan fingerprint density at radius 2 is 1.96 bits per heavy atom. The zero-order chi connectivity index (χ0) is 16.7. The molecule has 0 atom stereocenters. The molecule has 2 heterocycles. The molecule has 2 aromatic carbocycles. The van der Waals surface area contributed by atoms with E-state index in [0.29, 0.717) is 6.54 Å². The highest BCUT2D eigenvalue weighted by atomic mass is 16.5. The van der Waals surface area contributed by atoms with Gasteiger partial charge in [0.2, 0.25) is 0 Å². The molecule has 0 fully saturated rings. The van der Waals surface area contributed by atoms with E-state index >= 15 is 0 Å². The van der Waals surface area contributed by atoms with Gasteiger partial charge in [-0.2, -0.15) is 0 Å². The van der Waals surface area contributed by atoms with Gasteiger partial charge in [0.25, 0.3) is 5.91 Å². The maximum Gasteiger partial charge on any atom is 0.254 e. The van der Waals surface area contributed by atoms with Crippen molar-refractivity contribution in [3.63, 3.8) is 0 Å². The number of hydrogen-bond donors (Lipinski definition) is 1. The standard InChI is InChI=1S/C20H20N2O2/c1-13-3-5-14(6-4-13)20(23)22-10-9-19-17(12-22)16-11-15(24-2)7-8-18(16)21-19/h3-8,11,21H,9-10,12H2,1-2H3. The number of aryl methyl sites for hydroxylation is 1. The van der Waals surface area contributed by atoms with Gasteiger partial charge < -0.3 is 14.6 Å². The van der Waals surface area contributed by atoms with E-state index in [0.717, 1.165) is 40.7 Å². The third-order valence-corrected chi connectivity index (χ3v) is 4.77. The van der Waals surface area contributed by atoms with Gasteiger partial charge >= 0.3 is 0 Å². The Labute approximate surface area is 141 Å². The van der Waals surface area contributed by atoms with Crippen molar-refractivity contribution in [1.29, 1.82) is 0 Å². The summed E-state index contributed by atoms with van der Waals surface area (Å²) >= 11 is 0. The molecule has 0 aliphatic carbocycles. The van der Waals surface area contributed by atoms with E-state index in [1.165, 1.54) is 11.3 Å². The monoisotopic (exact) mass is 320 g/mol. The van der Waals surface area contributed by atoms with Crippen LogP contribution in [-0.2, 0) is 13.0 Å². The van der Waals surface area contributed by atoms with Gasteiger partial charge in [0.15, 0.2) is 0 Å². The summed E-state index contributed by atoms with van der Waals surface area (Å²) in [6.45, 7) is 3.40. The van der Waals surface area contributed by atoms with Gasteiger partial charge in [-0.15, -0.1) is 0 Å². The van der Waals surface area contributed by atoms with Crippen molar-refractivity contribution in [2.45, 2.75) is 19.9 Å².